The van der Waals surface area contributed by atoms with E-state index < -0.39 is 0 Å². The monoisotopic (exact) mass is 446 g/mol. The fraction of sp³-hybridized carbons (Fsp3) is 0.0645. The summed E-state index contributed by atoms with van der Waals surface area (Å²) in [5.41, 5.74) is 15.1. The first-order valence-electron chi connectivity index (χ1n) is 12.0. The van der Waals surface area contributed by atoms with E-state index in [1.165, 1.54) is 60.7 Å². The maximum atomic E-state index is 4.98. The van der Waals surface area contributed by atoms with Crippen molar-refractivity contribution in [3.63, 3.8) is 0 Å². The summed E-state index contributed by atoms with van der Waals surface area (Å²) in [6.07, 6.45) is 7.63. The van der Waals surface area contributed by atoms with Gasteiger partial charge in [-0.1, -0.05) is 42.5 Å². The van der Waals surface area contributed by atoms with Crippen LogP contribution in [0.15, 0.2) is 85.3 Å². The third-order valence-corrected chi connectivity index (χ3v) is 8.01. The molecule has 0 atom stereocenters. The molecule has 4 heterocycles. The summed E-state index contributed by atoms with van der Waals surface area (Å²) in [6, 6.07) is 24.3. The van der Waals surface area contributed by atoms with Gasteiger partial charge in [0.15, 0.2) is 5.65 Å². The van der Waals surface area contributed by atoms with Crippen LogP contribution in [0.1, 0.15) is 22.3 Å². The van der Waals surface area contributed by atoms with Gasteiger partial charge in [-0.2, -0.15) is 0 Å². The molecule has 4 nitrogen and oxygen atoms in total. The van der Waals surface area contributed by atoms with Gasteiger partial charge in [-0.3, -0.25) is 9.38 Å². The summed E-state index contributed by atoms with van der Waals surface area (Å²) in [5.74, 6) is 0. The molecule has 0 unspecified atom stereocenters. The number of hydrogen-bond donors (Lipinski definition) is 0. The van der Waals surface area contributed by atoms with Gasteiger partial charge < -0.3 is 0 Å². The largest absolute Gasteiger partial charge is 0.288 e. The number of nitrogens with zero attached hydrogens (tertiary/aromatic N) is 4. The lowest BCUT2D eigenvalue weighted by atomic mass is 9.93. The summed E-state index contributed by atoms with van der Waals surface area (Å²) >= 11 is 0. The Hall–Kier alpha value is -4.57. The van der Waals surface area contributed by atoms with E-state index in [-0.39, 0.29) is 0 Å². The number of benzene rings is 3. The van der Waals surface area contributed by atoms with Crippen LogP contribution in [0.2, 0.25) is 0 Å². The molecule has 3 aromatic carbocycles. The zero-order chi connectivity index (χ0) is 22.7. The van der Waals surface area contributed by atoms with Crippen LogP contribution in [-0.2, 0) is 12.8 Å². The molecule has 0 spiro atoms. The van der Waals surface area contributed by atoms with E-state index in [0.717, 1.165) is 35.2 Å². The average Bonchev–Trinajstić information content (AvgIpc) is 3.59. The molecule has 162 valence electrons. The van der Waals surface area contributed by atoms with Gasteiger partial charge in [0.2, 0.25) is 0 Å². The van der Waals surface area contributed by atoms with Crippen LogP contribution < -0.4 is 0 Å². The molecule has 2 aliphatic carbocycles. The highest BCUT2D eigenvalue weighted by atomic mass is 15.1. The first-order valence-corrected chi connectivity index (χ1v) is 12.0. The SMILES string of the molecule is c1ccc2c(c1)Cc1c-2ccc2c1-c1ccc3c(c1C2)c1ccncc1n1c2cccnc2nc31. The van der Waals surface area contributed by atoms with Crippen LogP contribution >= 0.6 is 0 Å². The van der Waals surface area contributed by atoms with E-state index in [9.17, 15) is 0 Å². The van der Waals surface area contributed by atoms with Crippen molar-refractivity contribution < 1.29 is 0 Å². The average molecular weight is 447 g/mol. The van der Waals surface area contributed by atoms with Crippen molar-refractivity contribution in [3.8, 4) is 22.3 Å². The Labute approximate surface area is 200 Å². The molecule has 35 heavy (non-hydrogen) atoms. The molecule has 7 aromatic rings. The molecule has 0 saturated carbocycles. The minimum absolute atomic E-state index is 0.768. The number of hydrogen-bond acceptors (Lipinski definition) is 3. The molecule has 0 aliphatic heterocycles. The van der Waals surface area contributed by atoms with Crippen molar-refractivity contribution >= 4 is 38.5 Å². The summed E-state index contributed by atoms with van der Waals surface area (Å²) in [6.45, 7) is 0. The maximum absolute atomic E-state index is 4.98. The molecule has 2 aliphatic rings. The van der Waals surface area contributed by atoms with Gasteiger partial charge in [-0.05, 0) is 87.0 Å². The van der Waals surface area contributed by atoms with Crippen LogP contribution in [0.25, 0.3) is 60.7 Å². The van der Waals surface area contributed by atoms with Crippen molar-refractivity contribution in [2.75, 3.05) is 0 Å². The van der Waals surface area contributed by atoms with Gasteiger partial charge in [0, 0.05) is 23.2 Å². The molecule has 4 aromatic heterocycles. The number of aromatic nitrogens is 4. The first kappa shape index (κ1) is 17.8. The van der Waals surface area contributed by atoms with Crippen LogP contribution in [0.5, 0.6) is 0 Å². The standard InChI is InChI=1S/C31H18N4/c1-2-5-19-17(4-1)14-24-20(19)8-7-18-15-25-21(28(18)24)9-10-23-29(25)22-11-13-32-16-27(22)35-26-6-3-12-33-30(26)34-31(23)35/h1-13,16H,14-15H2. The fourth-order valence-electron chi connectivity index (χ4n) is 6.61. The molecule has 0 saturated heterocycles. The highest BCUT2D eigenvalue weighted by Crippen LogP contribution is 2.50. The zero-order valence-corrected chi connectivity index (χ0v) is 18.8. The quantitative estimate of drug-likeness (QED) is 0.243. The fourth-order valence-corrected chi connectivity index (χ4v) is 6.61. The Morgan fingerprint density at radius 2 is 1.57 bits per heavy atom. The predicted molar refractivity (Wildman–Crippen MR) is 140 cm³/mol. The second-order valence-electron chi connectivity index (χ2n) is 9.66. The van der Waals surface area contributed by atoms with E-state index in [1.807, 2.05) is 24.7 Å². The Morgan fingerprint density at radius 1 is 0.657 bits per heavy atom. The molecule has 4 heteroatoms. The topological polar surface area (TPSA) is 43.1 Å². The Kier molecular flexibility index (Phi) is 3.11. The van der Waals surface area contributed by atoms with Gasteiger partial charge in [-0.25, -0.2) is 9.97 Å². The maximum Gasteiger partial charge on any atom is 0.178 e. The Bertz CT molecular complexity index is 2070. The zero-order valence-electron chi connectivity index (χ0n) is 18.8. The molecule has 0 fully saturated rings. The molecule has 0 N–H and O–H groups in total. The summed E-state index contributed by atoms with van der Waals surface area (Å²) < 4.78 is 2.22. The Morgan fingerprint density at radius 3 is 2.57 bits per heavy atom. The number of imidazole rings is 1. The summed E-state index contributed by atoms with van der Waals surface area (Å²) in [5, 5.41) is 3.69. The van der Waals surface area contributed by atoms with Gasteiger partial charge >= 0.3 is 0 Å². The minimum atomic E-state index is 0.768. The van der Waals surface area contributed by atoms with Crippen LogP contribution in [0, 0.1) is 0 Å². The predicted octanol–water partition coefficient (Wildman–Crippen LogP) is 6.73. The summed E-state index contributed by atoms with van der Waals surface area (Å²) in [7, 11) is 0. The van der Waals surface area contributed by atoms with Crippen LogP contribution in [-0.4, -0.2) is 19.4 Å². The van der Waals surface area contributed by atoms with Gasteiger partial charge in [0.25, 0.3) is 0 Å². The van der Waals surface area contributed by atoms with Crippen LogP contribution in [0.3, 0.4) is 0 Å². The van der Waals surface area contributed by atoms with Crippen molar-refractivity contribution in [1.29, 1.82) is 0 Å². The van der Waals surface area contributed by atoms with Crippen molar-refractivity contribution in [2.45, 2.75) is 12.8 Å². The van der Waals surface area contributed by atoms with Crippen molar-refractivity contribution in [3.05, 3.63) is 108 Å². The lowest BCUT2D eigenvalue weighted by molar-refractivity contribution is 1.24. The Balaban J connectivity index is 1.42. The second kappa shape index (κ2) is 6.10. The third kappa shape index (κ3) is 2.11. The third-order valence-electron chi connectivity index (χ3n) is 8.01. The van der Waals surface area contributed by atoms with Crippen molar-refractivity contribution in [2.24, 2.45) is 0 Å². The first-order chi connectivity index (χ1) is 17.4. The van der Waals surface area contributed by atoms with Gasteiger partial charge in [-0.15, -0.1) is 0 Å². The lowest BCUT2D eigenvalue weighted by Gasteiger charge is -2.13. The second-order valence-corrected chi connectivity index (χ2v) is 9.66. The van der Waals surface area contributed by atoms with E-state index in [0.29, 0.717) is 0 Å². The molecule has 9 rings (SSSR count). The molecule has 0 radical (unpaired) electrons. The van der Waals surface area contributed by atoms with E-state index in [2.05, 4.69) is 75.0 Å². The lowest BCUT2D eigenvalue weighted by Crippen LogP contribution is -1.95. The van der Waals surface area contributed by atoms with E-state index in [1.54, 1.807) is 0 Å². The molecule has 0 amide bonds. The number of rotatable bonds is 0. The minimum Gasteiger partial charge on any atom is -0.288 e. The number of pyridine rings is 3. The highest BCUT2D eigenvalue weighted by Gasteiger charge is 2.30. The van der Waals surface area contributed by atoms with Crippen molar-refractivity contribution in [1.82, 2.24) is 19.4 Å². The molecule has 0 bridgehead atoms. The van der Waals surface area contributed by atoms with Gasteiger partial charge in [0.05, 0.1) is 17.2 Å². The number of fused-ring (bicyclic) bond motifs is 16. The van der Waals surface area contributed by atoms with Gasteiger partial charge in [0.1, 0.15) is 5.65 Å². The summed E-state index contributed by atoms with van der Waals surface area (Å²) in [4.78, 5) is 14.0. The molecular formula is C31H18N4. The highest BCUT2D eigenvalue weighted by molar-refractivity contribution is 6.17. The van der Waals surface area contributed by atoms with E-state index >= 15 is 0 Å². The van der Waals surface area contributed by atoms with Crippen LogP contribution in [0.4, 0.5) is 0 Å². The normalized spacial score (nSPS) is 13.5. The van der Waals surface area contributed by atoms with E-state index in [4.69, 9.17) is 4.98 Å². The molecular weight excluding hydrogens is 428 g/mol. The smallest absolute Gasteiger partial charge is 0.178 e.